The highest BCUT2D eigenvalue weighted by Crippen LogP contribution is 2.30. The van der Waals surface area contributed by atoms with Crippen molar-refractivity contribution in [3.8, 4) is 0 Å². The number of pyridine rings is 1. The summed E-state index contributed by atoms with van der Waals surface area (Å²) < 4.78 is 0. The molecule has 2 aliphatic rings. The van der Waals surface area contributed by atoms with Gasteiger partial charge in [-0.25, -0.2) is 4.98 Å². The fraction of sp³-hybridized carbons (Fsp3) is 0.647. The first-order chi connectivity index (χ1) is 10.9. The maximum atomic E-state index is 12.9. The minimum Gasteiger partial charge on any atom is -0.388 e. The third-order valence-electron chi connectivity index (χ3n) is 4.79. The second-order valence-corrected chi connectivity index (χ2v) is 7.43. The standard InChI is InChI=1S/C17H24ClN3O2/c1-17(2,23)13-6-5-9-21(13)16(22)12-10-14(18)19-15(11-12)20-7-3-4-8-20/h10-11,13,23H,3-9H2,1-2H3. The minimum absolute atomic E-state index is 0.0700. The lowest BCUT2D eigenvalue weighted by molar-refractivity contribution is 0.000336. The number of rotatable bonds is 3. The van der Waals surface area contributed by atoms with Crippen LogP contribution in [-0.2, 0) is 0 Å². The van der Waals surface area contributed by atoms with Crippen LogP contribution in [0.3, 0.4) is 0 Å². The van der Waals surface area contributed by atoms with Gasteiger partial charge in [0.15, 0.2) is 0 Å². The summed E-state index contributed by atoms with van der Waals surface area (Å²) in [6.45, 7) is 6.11. The number of anilines is 1. The van der Waals surface area contributed by atoms with Gasteiger partial charge in [-0.15, -0.1) is 0 Å². The molecule has 6 heteroatoms. The zero-order chi connectivity index (χ0) is 16.6. The average Bonchev–Trinajstić information content (AvgIpc) is 3.16. The van der Waals surface area contributed by atoms with E-state index in [2.05, 4.69) is 9.88 Å². The van der Waals surface area contributed by atoms with E-state index in [0.717, 1.165) is 44.6 Å². The number of aliphatic hydroxyl groups is 1. The number of hydrogen-bond acceptors (Lipinski definition) is 4. The third-order valence-corrected chi connectivity index (χ3v) is 4.98. The fourth-order valence-electron chi connectivity index (χ4n) is 3.62. The molecule has 1 N–H and O–H groups in total. The lowest BCUT2D eigenvalue weighted by Gasteiger charge is -2.34. The Hall–Kier alpha value is -1.33. The Morgan fingerprint density at radius 2 is 1.96 bits per heavy atom. The molecule has 0 aliphatic carbocycles. The zero-order valence-corrected chi connectivity index (χ0v) is 14.5. The van der Waals surface area contributed by atoms with E-state index in [4.69, 9.17) is 11.6 Å². The molecule has 2 saturated heterocycles. The molecule has 1 unspecified atom stereocenters. The number of nitrogens with zero attached hydrogens (tertiary/aromatic N) is 3. The van der Waals surface area contributed by atoms with Crippen LogP contribution in [0.2, 0.25) is 5.15 Å². The van der Waals surface area contributed by atoms with Crippen LogP contribution in [0, 0.1) is 0 Å². The Kier molecular flexibility index (Phi) is 4.52. The van der Waals surface area contributed by atoms with Gasteiger partial charge in [0.1, 0.15) is 11.0 Å². The predicted octanol–water partition coefficient (Wildman–Crippen LogP) is 2.71. The van der Waals surface area contributed by atoms with Gasteiger partial charge in [-0.2, -0.15) is 0 Å². The summed E-state index contributed by atoms with van der Waals surface area (Å²) in [5.41, 5.74) is -0.344. The van der Waals surface area contributed by atoms with Crippen molar-refractivity contribution in [2.75, 3.05) is 24.5 Å². The Bertz CT molecular complexity index is 594. The highest BCUT2D eigenvalue weighted by atomic mass is 35.5. The summed E-state index contributed by atoms with van der Waals surface area (Å²) in [5, 5.41) is 10.7. The molecule has 0 aromatic carbocycles. The number of likely N-dealkylation sites (tertiary alicyclic amines) is 1. The predicted molar refractivity (Wildman–Crippen MR) is 91.1 cm³/mol. The lowest BCUT2D eigenvalue weighted by atomic mass is 9.96. The molecule has 3 heterocycles. The van der Waals surface area contributed by atoms with Crippen molar-refractivity contribution in [1.82, 2.24) is 9.88 Å². The molecule has 0 bridgehead atoms. The summed E-state index contributed by atoms with van der Waals surface area (Å²) in [4.78, 5) is 21.2. The first kappa shape index (κ1) is 16.5. The zero-order valence-electron chi connectivity index (χ0n) is 13.8. The second-order valence-electron chi connectivity index (χ2n) is 7.04. The number of aromatic nitrogens is 1. The molecule has 1 aromatic heterocycles. The topological polar surface area (TPSA) is 56.7 Å². The SMILES string of the molecule is CC(C)(O)C1CCCN1C(=O)c1cc(Cl)nc(N2CCCC2)c1. The molecule has 126 valence electrons. The highest BCUT2D eigenvalue weighted by Gasteiger charge is 2.39. The smallest absolute Gasteiger partial charge is 0.254 e. The van der Waals surface area contributed by atoms with Gasteiger partial charge in [-0.1, -0.05) is 11.6 Å². The van der Waals surface area contributed by atoms with E-state index < -0.39 is 5.60 Å². The Morgan fingerprint density at radius 1 is 1.26 bits per heavy atom. The third kappa shape index (κ3) is 3.45. The number of carbonyl (C=O) groups is 1. The van der Waals surface area contributed by atoms with Crippen molar-refractivity contribution in [2.24, 2.45) is 0 Å². The van der Waals surface area contributed by atoms with Crippen molar-refractivity contribution in [3.63, 3.8) is 0 Å². The summed E-state index contributed by atoms with van der Waals surface area (Å²) in [5.74, 6) is 0.705. The van der Waals surface area contributed by atoms with E-state index in [0.29, 0.717) is 17.3 Å². The molecule has 0 spiro atoms. The van der Waals surface area contributed by atoms with Crippen molar-refractivity contribution >= 4 is 23.3 Å². The van der Waals surface area contributed by atoms with Crippen molar-refractivity contribution in [1.29, 1.82) is 0 Å². The minimum atomic E-state index is -0.902. The summed E-state index contributed by atoms with van der Waals surface area (Å²) in [7, 11) is 0. The van der Waals surface area contributed by atoms with Gasteiger partial charge in [0.2, 0.25) is 0 Å². The lowest BCUT2D eigenvalue weighted by Crippen LogP contribution is -2.48. The normalized spacial score (nSPS) is 22.0. The largest absolute Gasteiger partial charge is 0.388 e. The number of amides is 1. The van der Waals surface area contributed by atoms with Crippen LogP contribution in [0.4, 0.5) is 5.82 Å². The molecule has 0 radical (unpaired) electrons. The van der Waals surface area contributed by atoms with E-state index in [9.17, 15) is 9.90 Å². The van der Waals surface area contributed by atoms with E-state index in [-0.39, 0.29) is 11.9 Å². The number of carbonyl (C=O) groups excluding carboxylic acids is 1. The van der Waals surface area contributed by atoms with Crippen LogP contribution < -0.4 is 4.90 Å². The van der Waals surface area contributed by atoms with Gasteiger partial charge in [-0.05, 0) is 51.7 Å². The van der Waals surface area contributed by atoms with Crippen LogP contribution in [-0.4, -0.2) is 52.2 Å². The molecule has 1 aromatic rings. The second kappa shape index (κ2) is 6.29. The highest BCUT2D eigenvalue weighted by molar-refractivity contribution is 6.29. The van der Waals surface area contributed by atoms with Crippen LogP contribution in [0.5, 0.6) is 0 Å². The van der Waals surface area contributed by atoms with Crippen LogP contribution >= 0.6 is 11.6 Å². The number of hydrogen-bond donors (Lipinski definition) is 1. The summed E-state index contributed by atoms with van der Waals surface area (Å²) in [6.07, 6.45) is 4.03. The summed E-state index contributed by atoms with van der Waals surface area (Å²) in [6, 6.07) is 3.31. The quantitative estimate of drug-likeness (QED) is 0.862. The van der Waals surface area contributed by atoms with Gasteiger partial charge < -0.3 is 14.9 Å². The molecule has 23 heavy (non-hydrogen) atoms. The molecule has 1 amide bonds. The van der Waals surface area contributed by atoms with Gasteiger partial charge in [-0.3, -0.25) is 4.79 Å². The maximum Gasteiger partial charge on any atom is 0.254 e. The van der Waals surface area contributed by atoms with Crippen molar-refractivity contribution < 1.29 is 9.90 Å². The van der Waals surface area contributed by atoms with E-state index in [1.165, 1.54) is 0 Å². The van der Waals surface area contributed by atoms with Gasteiger partial charge in [0.25, 0.3) is 5.91 Å². The molecular weight excluding hydrogens is 314 g/mol. The molecule has 5 nitrogen and oxygen atoms in total. The number of halogens is 1. The van der Waals surface area contributed by atoms with Crippen LogP contribution in [0.15, 0.2) is 12.1 Å². The molecule has 1 atom stereocenters. The van der Waals surface area contributed by atoms with Crippen LogP contribution in [0.1, 0.15) is 49.9 Å². The van der Waals surface area contributed by atoms with E-state index in [1.54, 1.807) is 24.8 Å². The van der Waals surface area contributed by atoms with Gasteiger partial charge in [0, 0.05) is 25.2 Å². The molecule has 3 rings (SSSR count). The van der Waals surface area contributed by atoms with E-state index >= 15 is 0 Å². The Labute approximate surface area is 142 Å². The van der Waals surface area contributed by atoms with E-state index in [1.807, 2.05) is 6.07 Å². The van der Waals surface area contributed by atoms with Crippen molar-refractivity contribution in [3.05, 3.63) is 22.8 Å². The molecule has 2 aliphatic heterocycles. The Balaban J connectivity index is 1.87. The maximum absolute atomic E-state index is 12.9. The first-order valence-electron chi connectivity index (χ1n) is 8.32. The fourth-order valence-corrected chi connectivity index (χ4v) is 3.83. The molecule has 2 fully saturated rings. The first-order valence-corrected chi connectivity index (χ1v) is 8.70. The van der Waals surface area contributed by atoms with Gasteiger partial charge >= 0.3 is 0 Å². The monoisotopic (exact) mass is 337 g/mol. The molecular formula is C17H24ClN3O2. The van der Waals surface area contributed by atoms with Crippen molar-refractivity contribution in [2.45, 2.75) is 51.2 Å². The molecule has 0 saturated carbocycles. The van der Waals surface area contributed by atoms with Gasteiger partial charge in [0.05, 0.1) is 11.6 Å². The van der Waals surface area contributed by atoms with Crippen LogP contribution in [0.25, 0.3) is 0 Å². The Morgan fingerprint density at radius 3 is 2.61 bits per heavy atom. The average molecular weight is 338 g/mol. The summed E-state index contributed by atoms with van der Waals surface area (Å²) >= 11 is 6.15.